The summed E-state index contributed by atoms with van der Waals surface area (Å²) in [6.45, 7) is 0.201. The molecular formula is C13H12BrFN2O2. The van der Waals surface area contributed by atoms with Crippen LogP contribution in [0.1, 0.15) is 16.1 Å². The molecule has 0 bridgehead atoms. The fraction of sp³-hybridized carbons (Fsp3) is 0.154. The summed E-state index contributed by atoms with van der Waals surface area (Å²) in [5.74, 6) is -0.849. The molecule has 2 N–H and O–H groups in total. The van der Waals surface area contributed by atoms with Crippen LogP contribution in [0.5, 0.6) is 0 Å². The number of rotatable bonds is 3. The van der Waals surface area contributed by atoms with Gasteiger partial charge < -0.3 is 15.0 Å². The van der Waals surface area contributed by atoms with Gasteiger partial charge in [-0.2, -0.15) is 0 Å². The minimum absolute atomic E-state index is 0.201. The Bertz CT molecular complexity index is 625. The van der Waals surface area contributed by atoms with Gasteiger partial charge in [0.15, 0.2) is 0 Å². The Morgan fingerprint density at radius 2 is 2.21 bits per heavy atom. The molecular weight excluding hydrogens is 315 g/mol. The Morgan fingerprint density at radius 3 is 2.89 bits per heavy atom. The molecule has 0 aliphatic heterocycles. The van der Waals surface area contributed by atoms with Crippen molar-refractivity contribution in [2.75, 3.05) is 12.8 Å². The lowest BCUT2D eigenvalue weighted by molar-refractivity contribution is 0.0589. The highest BCUT2D eigenvalue weighted by Crippen LogP contribution is 2.19. The van der Waals surface area contributed by atoms with Crippen molar-refractivity contribution in [3.63, 3.8) is 0 Å². The van der Waals surface area contributed by atoms with E-state index in [1.54, 1.807) is 22.9 Å². The zero-order chi connectivity index (χ0) is 14.0. The lowest BCUT2D eigenvalue weighted by Gasteiger charge is -2.09. The molecule has 19 heavy (non-hydrogen) atoms. The second kappa shape index (κ2) is 5.44. The summed E-state index contributed by atoms with van der Waals surface area (Å²) in [5, 5.41) is 0. The number of nitrogens with two attached hydrogens (primary N) is 1. The molecule has 0 radical (unpaired) electrons. The zero-order valence-electron chi connectivity index (χ0n) is 10.2. The van der Waals surface area contributed by atoms with Crippen molar-refractivity contribution in [1.29, 1.82) is 0 Å². The van der Waals surface area contributed by atoms with Crippen molar-refractivity contribution < 1.29 is 13.9 Å². The Hall–Kier alpha value is -1.82. The molecule has 1 heterocycles. The number of ether oxygens (including phenoxy) is 1. The van der Waals surface area contributed by atoms with Crippen LogP contribution in [0.4, 0.5) is 10.1 Å². The van der Waals surface area contributed by atoms with Crippen LogP contribution in [0.15, 0.2) is 34.9 Å². The second-order valence-electron chi connectivity index (χ2n) is 4.01. The number of anilines is 1. The zero-order valence-corrected chi connectivity index (χ0v) is 11.8. The number of esters is 1. The number of hydrogen-bond acceptors (Lipinski definition) is 3. The van der Waals surface area contributed by atoms with Gasteiger partial charge in [0.2, 0.25) is 0 Å². The van der Waals surface area contributed by atoms with Gasteiger partial charge in [-0.3, -0.25) is 0 Å². The molecule has 2 rings (SSSR count). The molecule has 0 aliphatic carbocycles. The van der Waals surface area contributed by atoms with E-state index in [4.69, 9.17) is 5.73 Å². The van der Waals surface area contributed by atoms with Gasteiger partial charge in [0.05, 0.1) is 19.3 Å². The summed E-state index contributed by atoms with van der Waals surface area (Å²) in [4.78, 5) is 11.6. The van der Waals surface area contributed by atoms with Crippen LogP contribution in [-0.4, -0.2) is 17.6 Å². The number of methoxy groups -OCH3 is 1. The summed E-state index contributed by atoms with van der Waals surface area (Å²) in [5.41, 5.74) is 6.83. The van der Waals surface area contributed by atoms with Gasteiger partial charge in [0, 0.05) is 16.2 Å². The molecule has 0 amide bonds. The summed E-state index contributed by atoms with van der Waals surface area (Å²) in [6.07, 6.45) is 1.58. The van der Waals surface area contributed by atoms with Crippen LogP contribution in [-0.2, 0) is 11.3 Å². The van der Waals surface area contributed by atoms with Crippen LogP contribution in [0.25, 0.3) is 0 Å². The minimum atomic E-state index is -0.507. The van der Waals surface area contributed by atoms with Gasteiger partial charge >= 0.3 is 5.97 Å². The third-order valence-electron chi connectivity index (χ3n) is 2.66. The number of aromatic nitrogens is 1. The van der Waals surface area contributed by atoms with Crippen molar-refractivity contribution in [2.45, 2.75) is 6.54 Å². The Balaban J connectivity index is 2.38. The maximum atomic E-state index is 13.7. The van der Waals surface area contributed by atoms with Gasteiger partial charge in [-0.25, -0.2) is 9.18 Å². The van der Waals surface area contributed by atoms with E-state index >= 15 is 0 Å². The SMILES string of the molecule is COC(=O)c1cc(N)cn1Cc1cc(Br)ccc1F. The van der Waals surface area contributed by atoms with E-state index in [9.17, 15) is 9.18 Å². The van der Waals surface area contributed by atoms with E-state index < -0.39 is 5.97 Å². The maximum absolute atomic E-state index is 13.7. The molecule has 0 atom stereocenters. The van der Waals surface area contributed by atoms with Crippen molar-refractivity contribution >= 4 is 27.6 Å². The fourth-order valence-electron chi connectivity index (χ4n) is 1.79. The molecule has 0 fully saturated rings. The number of nitrogen functional groups attached to an aromatic ring is 1. The topological polar surface area (TPSA) is 57.2 Å². The quantitative estimate of drug-likeness (QED) is 0.882. The molecule has 4 nitrogen and oxygen atoms in total. The first-order valence-corrected chi connectivity index (χ1v) is 6.28. The normalized spacial score (nSPS) is 10.5. The highest BCUT2D eigenvalue weighted by Gasteiger charge is 2.14. The number of hydrogen-bond donors (Lipinski definition) is 1. The van der Waals surface area contributed by atoms with Crippen LogP contribution in [0, 0.1) is 5.82 Å². The molecule has 0 spiro atoms. The van der Waals surface area contributed by atoms with Crippen molar-refractivity contribution in [2.24, 2.45) is 0 Å². The first kappa shape index (κ1) is 13.6. The van der Waals surface area contributed by atoms with Crippen molar-refractivity contribution in [1.82, 2.24) is 4.57 Å². The van der Waals surface area contributed by atoms with Gasteiger partial charge in [-0.15, -0.1) is 0 Å². The van der Waals surface area contributed by atoms with E-state index in [-0.39, 0.29) is 12.4 Å². The average molecular weight is 327 g/mol. The lowest BCUT2D eigenvalue weighted by atomic mass is 10.2. The number of carbonyl (C=O) groups is 1. The first-order chi connectivity index (χ1) is 9.01. The van der Waals surface area contributed by atoms with Crippen molar-refractivity contribution in [3.05, 3.63) is 52.0 Å². The van der Waals surface area contributed by atoms with Crippen LogP contribution in [0.3, 0.4) is 0 Å². The largest absolute Gasteiger partial charge is 0.464 e. The average Bonchev–Trinajstić information content (AvgIpc) is 2.74. The lowest BCUT2D eigenvalue weighted by Crippen LogP contribution is -2.11. The Labute approximate surface area is 118 Å². The minimum Gasteiger partial charge on any atom is -0.464 e. The number of nitrogens with zero attached hydrogens (tertiary/aromatic N) is 1. The summed E-state index contributed by atoms with van der Waals surface area (Å²) >= 11 is 3.28. The molecule has 1 aromatic carbocycles. The third-order valence-corrected chi connectivity index (χ3v) is 3.15. The monoisotopic (exact) mass is 326 g/mol. The number of halogens is 2. The van der Waals surface area contributed by atoms with Gasteiger partial charge in [0.1, 0.15) is 11.5 Å². The molecule has 0 saturated carbocycles. The van der Waals surface area contributed by atoms with Gasteiger partial charge in [-0.1, -0.05) is 15.9 Å². The van der Waals surface area contributed by atoms with E-state index in [0.717, 1.165) is 4.47 Å². The van der Waals surface area contributed by atoms with E-state index in [0.29, 0.717) is 16.9 Å². The predicted molar refractivity (Wildman–Crippen MR) is 73.4 cm³/mol. The molecule has 2 aromatic rings. The summed E-state index contributed by atoms with van der Waals surface area (Å²) in [7, 11) is 1.29. The van der Waals surface area contributed by atoms with Crippen molar-refractivity contribution in [3.8, 4) is 0 Å². The molecule has 0 saturated heterocycles. The summed E-state index contributed by atoms with van der Waals surface area (Å²) in [6, 6.07) is 6.14. The highest BCUT2D eigenvalue weighted by molar-refractivity contribution is 9.10. The molecule has 100 valence electrons. The molecule has 6 heteroatoms. The van der Waals surface area contributed by atoms with E-state index in [2.05, 4.69) is 20.7 Å². The smallest absolute Gasteiger partial charge is 0.354 e. The predicted octanol–water partition coefficient (Wildman–Crippen LogP) is 2.81. The van der Waals surface area contributed by atoms with E-state index in [1.807, 2.05) is 0 Å². The standard InChI is InChI=1S/C13H12BrFN2O2/c1-19-13(18)12-5-10(16)7-17(12)6-8-4-9(14)2-3-11(8)15/h2-5,7H,6,16H2,1H3. The fourth-order valence-corrected chi connectivity index (χ4v) is 2.20. The van der Waals surface area contributed by atoms with Gasteiger partial charge in [-0.05, 0) is 24.3 Å². The van der Waals surface area contributed by atoms with Crippen LogP contribution < -0.4 is 5.73 Å². The Morgan fingerprint density at radius 1 is 1.47 bits per heavy atom. The van der Waals surface area contributed by atoms with Crippen LogP contribution in [0.2, 0.25) is 0 Å². The maximum Gasteiger partial charge on any atom is 0.354 e. The third kappa shape index (κ3) is 2.96. The molecule has 0 aliphatic rings. The van der Waals surface area contributed by atoms with Crippen LogP contribution >= 0.6 is 15.9 Å². The highest BCUT2D eigenvalue weighted by atomic mass is 79.9. The second-order valence-corrected chi connectivity index (χ2v) is 4.93. The first-order valence-electron chi connectivity index (χ1n) is 5.49. The number of carbonyl (C=O) groups excluding carboxylic acids is 1. The van der Waals surface area contributed by atoms with Gasteiger partial charge in [0.25, 0.3) is 0 Å². The Kier molecular flexibility index (Phi) is 3.90. The van der Waals surface area contributed by atoms with E-state index in [1.165, 1.54) is 19.2 Å². The number of benzene rings is 1. The molecule has 1 aromatic heterocycles. The summed E-state index contributed by atoms with van der Waals surface area (Å²) < 4.78 is 20.7. The molecule has 0 unspecified atom stereocenters.